The van der Waals surface area contributed by atoms with Gasteiger partial charge in [-0.25, -0.2) is 9.98 Å². The molecule has 2 heterocycles. The Hall–Kier alpha value is -1.86. The highest BCUT2D eigenvalue weighted by Gasteiger charge is 2.18. The fourth-order valence-corrected chi connectivity index (χ4v) is 3.48. The maximum Gasteiger partial charge on any atom is 0.218 e. The van der Waals surface area contributed by atoms with E-state index in [0.717, 1.165) is 76.2 Å². The van der Waals surface area contributed by atoms with Gasteiger partial charge in [0.25, 0.3) is 0 Å². The zero-order chi connectivity index (χ0) is 18.7. The van der Waals surface area contributed by atoms with Crippen LogP contribution >= 0.6 is 0 Å². The first kappa shape index (κ1) is 19.9. The minimum atomic E-state index is 0.308. The number of guanidine groups is 1. The Morgan fingerprint density at radius 3 is 2.89 bits per heavy atom. The highest BCUT2D eigenvalue weighted by atomic mass is 16.5. The van der Waals surface area contributed by atoms with E-state index in [4.69, 9.17) is 14.5 Å². The third-order valence-corrected chi connectivity index (χ3v) is 5.01. The van der Waals surface area contributed by atoms with Crippen LogP contribution in [0, 0.1) is 0 Å². The number of hydrogen-bond acceptors (Lipinski definition) is 5. The molecular weight excluding hydrogens is 342 g/mol. The van der Waals surface area contributed by atoms with Crippen molar-refractivity contribution in [2.45, 2.75) is 45.3 Å². The lowest BCUT2D eigenvalue weighted by atomic mass is 10.2. The largest absolute Gasteiger partial charge is 0.474 e. The average molecular weight is 376 g/mol. The van der Waals surface area contributed by atoms with Gasteiger partial charge in [0, 0.05) is 44.5 Å². The van der Waals surface area contributed by atoms with E-state index in [2.05, 4.69) is 33.5 Å². The summed E-state index contributed by atoms with van der Waals surface area (Å²) in [4.78, 5) is 11.6. The Bertz CT molecular complexity index is 583. The van der Waals surface area contributed by atoms with Crippen molar-refractivity contribution < 1.29 is 9.47 Å². The topological polar surface area (TPSA) is 71.0 Å². The number of nitrogens with zero attached hydrogens (tertiary/aromatic N) is 3. The lowest BCUT2D eigenvalue weighted by molar-refractivity contribution is 0.0389. The molecule has 2 fully saturated rings. The van der Waals surface area contributed by atoms with Gasteiger partial charge in [0.2, 0.25) is 5.88 Å². The summed E-state index contributed by atoms with van der Waals surface area (Å²) in [5, 5.41) is 6.74. The number of rotatable bonds is 8. The normalized spacial score (nSPS) is 19.2. The van der Waals surface area contributed by atoms with Gasteiger partial charge in [-0.2, -0.15) is 0 Å². The van der Waals surface area contributed by atoms with E-state index in [0.29, 0.717) is 12.6 Å². The summed E-state index contributed by atoms with van der Waals surface area (Å²) in [5.74, 6) is 1.57. The maximum absolute atomic E-state index is 6.12. The average Bonchev–Trinajstić information content (AvgIpc) is 3.21. The van der Waals surface area contributed by atoms with Gasteiger partial charge in [0.05, 0.1) is 19.8 Å². The van der Waals surface area contributed by atoms with Gasteiger partial charge in [-0.3, -0.25) is 4.90 Å². The number of hydrogen-bond donors (Lipinski definition) is 2. The Kier molecular flexibility index (Phi) is 8.17. The van der Waals surface area contributed by atoms with Crippen LogP contribution in [-0.2, 0) is 11.3 Å². The number of ether oxygens (including phenoxy) is 2. The summed E-state index contributed by atoms with van der Waals surface area (Å²) in [5.41, 5.74) is 1.04. The molecule has 2 aliphatic rings. The van der Waals surface area contributed by atoms with Crippen LogP contribution in [0.2, 0.25) is 0 Å². The molecule has 0 aromatic carbocycles. The highest BCUT2D eigenvalue weighted by Crippen LogP contribution is 2.25. The molecule has 0 spiro atoms. The smallest absolute Gasteiger partial charge is 0.218 e. The van der Waals surface area contributed by atoms with Crippen molar-refractivity contribution in [3.63, 3.8) is 0 Å². The predicted octanol–water partition coefficient (Wildman–Crippen LogP) is 1.79. The molecule has 7 nitrogen and oxygen atoms in total. The second-order valence-corrected chi connectivity index (χ2v) is 7.07. The molecule has 2 N–H and O–H groups in total. The Morgan fingerprint density at radius 1 is 1.30 bits per heavy atom. The van der Waals surface area contributed by atoms with Crippen LogP contribution in [0.25, 0.3) is 0 Å². The van der Waals surface area contributed by atoms with Crippen molar-refractivity contribution in [3.05, 3.63) is 23.9 Å². The van der Waals surface area contributed by atoms with Gasteiger partial charge in [-0.15, -0.1) is 0 Å². The molecule has 0 bridgehead atoms. The molecule has 0 unspecified atom stereocenters. The predicted molar refractivity (Wildman–Crippen MR) is 107 cm³/mol. The van der Waals surface area contributed by atoms with Gasteiger partial charge in [-0.05, 0) is 38.7 Å². The van der Waals surface area contributed by atoms with Crippen molar-refractivity contribution >= 4 is 5.96 Å². The molecular formula is C20H33N5O2. The highest BCUT2D eigenvalue weighted by molar-refractivity contribution is 5.79. The number of morpholine rings is 1. The van der Waals surface area contributed by atoms with E-state index in [-0.39, 0.29) is 0 Å². The third kappa shape index (κ3) is 6.66. The minimum Gasteiger partial charge on any atom is -0.474 e. The summed E-state index contributed by atoms with van der Waals surface area (Å²) >= 11 is 0. The SMILES string of the molecule is CCNC(=NCc1cccnc1OC1CCCC1)NCCN1CCOCC1. The monoisotopic (exact) mass is 375 g/mol. The Morgan fingerprint density at radius 2 is 2.11 bits per heavy atom. The molecule has 1 saturated heterocycles. The molecule has 0 radical (unpaired) electrons. The molecule has 0 atom stereocenters. The first-order valence-corrected chi connectivity index (χ1v) is 10.3. The molecule has 3 rings (SSSR count). The summed E-state index contributed by atoms with van der Waals surface area (Å²) in [6.07, 6.45) is 6.87. The van der Waals surface area contributed by atoms with E-state index >= 15 is 0 Å². The second-order valence-electron chi connectivity index (χ2n) is 7.07. The van der Waals surface area contributed by atoms with Gasteiger partial charge in [-0.1, -0.05) is 6.07 Å². The molecule has 1 aliphatic heterocycles. The van der Waals surface area contributed by atoms with E-state index in [1.54, 1.807) is 6.20 Å². The lowest BCUT2D eigenvalue weighted by Crippen LogP contribution is -2.44. The first-order valence-electron chi connectivity index (χ1n) is 10.3. The first-order chi connectivity index (χ1) is 13.3. The molecule has 0 amide bonds. The molecule has 1 aliphatic carbocycles. The second kappa shape index (κ2) is 11.1. The van der Waals surface area contributed by atoms with E-state index in [9.17, 15) is 0 Å². The van der Waals surface area contributed by atoms with Crippen LogP contribution in [0.1, 0.15) is 38.2 Å². The van der Waals surface area contributed by atoms with Crippen LogP contribution in [0.15, 0.2) is 23.3 Å². The third-order valence-electron chi connectivity index (χ3n) is 5.01. The number of pyridine rings is 1. The van der Waals surface area contributed by atoms with Crippen molar-refractivity contribution in [2.24, 2.45) is 4.99 Å². The number of aliphatic imine (C=N–C) groups is 1. The van der Waals surface area contributed by atoms with Gasteiger partial charge in [0.1, 0.15) is 6.10 Å². The van der Waals surface area contributed by atoms with Crippen molar-refractivity contribution in [1.29, 1.82) is 0 Å². The molecule has 27 heavy (non-hydrogen) atoms. The Labute approximate surface area is 162 Å². The summed E-state index contributed by atoms with van der Waals surface area (Å²) < 4.78 is 11.5. The van der Waals surface area contributed by atoms with E-state index < -0.39 is 0 Å². The van der Waals surface area contributed by atoms with E-state index in [1.165, 1.54) is 12.8 Å². The van der Waals surface area contributed by atoms with Crippen LogP contribution in [0.4, 0.5) is 0 Å². The molecule has 1 aromatic heterocycles. The summed E-state index contributed by atoms with van der Waals surface area (Å²) in [6.45, 7) is 9.02. The van der Waals surface area contributed by atoms with Crippen LogP contribution in [-0.4, -0.2) is 67.9 Å². The zero-order valence-corrected chi connectivity index (χ0v) is 16.5. The number of nitrogens with one attached hydrogen (secondary N) is 2. The van der Waals surface area contributed by atoms with E-state index in [1.807, 2.05) is 6.07 Å². The molecule has 1 saturated carbocycles. The van der Waals surface area contributed by atoms with Crippen molar-refractivity contribution in [2.75, 3.05) is 45.9 Å². The Balaban J connectivity index is 1.52. The fourth-order valence-electron chi connectivity index (χ4n) is 3.48. The minimum absolute atomic E-state index is 0.308. The van der Waals surface area contributed by atoms with Gasteiger partial charge in [0.15, 0.2) is 5.96 Å². The summed E-state index contributed by atoms with van der Waals surface area (Å²) in [6, 6.07) is 4.00. The van der Waals surface area contributed by atoms with Crippen LogP contribution < -0.4 is 15.4 Å². The standard InChI is InChI=1S/C20H33N5O2/c1-2-21-20(23-10-11-25-12-14-26-15-13-25)24-16-17-6-5-9-22-19(17)27-18-7-3-4-8-18/h5-6,9,18H,2-4,7-8,10-16H2,1H3,(H2,21,23,24). The van der Waals surface area contributed by atoms with Crippen molar-refractivity contribution in [1.82, 2.24) is 20.5 Å². The molecule has 7 heteroatoms. The van der Waals surface area contributed by atoms with Crippen LogP contribution in [0.3, 0.4) is 0 Å². The van der Waals surface area contributed by atoms with Crippen molar-refractivity contribution in [3.8, 4) is 5.88 Å². The maximum atomic E-state index is 6.12. The fraction of sp³-hybridized carbons (Fsp3) is 0.700. The number of aromatic nitrogens is 1. The van der Waals surface area contributed by atoms with Gasteiger partial charge < -0.3 is 20.1 Å². The molecule has 150 valence electrons. The van der Waals surface area contributed by atoms with Crippen LogP contribution in [0.5, 0.6) is 5.88 Å². The summed E-state index contributed by atoms with van der Waals surface area (Å²) in [7, 11) is 0. The van der Waals surface area contributed by atoms with Gasteiger partial charge >= 0.3 is 0 Å². The molecule has 1 aromatic rings. The quantitative estimate of drug-likeness (QED) is 0.533. The lowest BCUT2D eigenvalue weighted by Gasteiger charge is -2.26. The zero-order valence-electron chi connectivity index (χ0n) is 16.5.